The van der Waals surface area contributed by atoms with Crippen LogP contribution in [0.25, 0.3) is 0 Å². The molecule has 0 saturated carbocycles. The summed E-state index contributed by atoms with van der Waals surface area (Å²) in [4.78, 5) is 23.2. The van der Waals surface area contributed by atoms with Crippen LogP contribution >= 0.6 is 23.1 Å². The number of thiophene rings is 1. The van der Waals surface area contributed by atoms with Crippen molar-refractivity contribution in [3.63, 3.8) is 0 Å². The number of carboxylic acid groups (broad SMARTS) is 1. The Morgan fingerprint density at radius 1 is 1.53 bits per heavy atom. The molecule has 1 N–H and O–H groups in total. The molecule has 0 amide bonds. The summed E-state index contributed by atoms with van der Waals surface area (Å²) in [5.41, 5.74) is 0.974. The molecule has 0 aliphatic carbocycles. The molecule has 0 unspecified atom stereocenters. The average Bonchev–Trinajstić information content (AvgIpc) is 2.61. The topological polar surface area (TPSA) is 63.6 Å². The van der Waals surface area contributed by atoms with Gasteiger partial charge in [0.2, 0.25) is 0 Å². The average molecular weight is 274 g/mol. The second kappa shape index (κ2) is 6.66. The number of rotatable bonds is 6. The predicted octanol–water partition coefficient (Wildman–Crippen LogP) is 2.55. The van der Waals surface area contributed by atoms with Crippen LogP contribution in [0.4, 0.5) is 0 Å². The van der Waals surface area contributed by atoms with Crippen molar-refractivity contribution >= 4 is 35.0 Å². The number of aromatic carboxylic acids is 1. The number of carbonyl (C=O) groups is 2. The lowest BCUT2D eigenvalue weighted by Crippen LogP contribution is -2.06. The van der Waals surface area contributed by atoms with E-state index in [0.29, 0.717) is 23.0 Å². The van der Waals surface area contributed by atoms with Crippen LogP contribution in [0.1, 0.15) is 27.0 Å². The molecule has 6 heteroatoms. The summed E-state index contributed by atoms with van der Waals surface area (Å²) in [5.74, 6) is -0.205. The van der Waals surface area contributed by atoms with Crippen molar-refractivity contribution in [2.75, 3.05) is 12.4 Å². The number of thioether (sulfide) groups is 1. The van der Waals surface area contributed by atoms with Crippen LogP contribution in [0.5, 0.6) is 0 Å². The first-order valence-corrected chi connectivity index (χ1v) is 7.07. The Bertz CT molecular complexity index is 412. The van der Waals surface area contributed by atoms with E-state index in [1.165, 1.54) is 23.1 Å². The fourth-order valence-electron chi connectivity index (χ4n) is 1.22. The van der Waals surface area contributed by atoms with Crippen LogP contribution < -0.4 is 0 Å². The third-order valence-electron chi connectivity index (χ3n) is 2.01. The zero-order chi connectivity index (χ0) is 12.8. The first kappa shape index (κ1) is 14.1. The van der Waals surface area contributed by atoms with Crippen LogP contribution in [0.3, 0.4) is 0 Å². The van der Waals surface area contributed by atoms with Gasteiger partial charge in [0.1, 0.15) is 4.88 Å². The molecule has 4 nitrogen and oxygen atoms in total. The SMILES string of the molecule is CCOC(=O)CSCc1cc(C(=O)O)sc1C. The maximum atomic E-state index is 11.1. The minimum Gasteiger partial charge on any atom is -0.477 e. The van der Waals surface area contributed by atoms with Gasteiger partial charge in [-0.1, -0.05) is 0 Å². The van der Waals surface area contributed by atoms with Gasteiger partial charge >= 0.3 is 11.9 Å². The molecule has 0 atom stereocenters. The van der Waals surface area contributed by atoms with E-state index in [4.69, 9.17) is 9.84 Å². The number of carbonyl (C=O) groups excluding carboxylic acids is 1. The third-order valence-corrected chi connectivity index (χ3v) is 4.05. The summed E-state index contributed by atoms with van der Waals surface area (Å²) < 4.78 is 4.80. The molecule has 0 fully saturated rings. The van der Waals surface area contributed by atoms with E-state index in [-0.39, 0.29) is 5.97 Å². The number of esters is 1. The smallest absolute Gasteiger partial charge is 0.345 e. The van der Waals surface area contributed by atoms with Crippen LogP contribution in [0.15, 0.2) is 6.07 Å². The Kier molecular flexibility index (Phi) is 5.50. The van der Waals surface area contributed by atoms with Crippen LogP contribution in [-0.4, -0.2) is 29.4 Å². The van der Waals surface area contributed by atoms with E-state index >= 15 is 0 Å². The molecule has 1 aromatic heterocycles. The second-order valence-corrected chi connectivity index (χ2v) is 5.54. The lowest BCUT2D eigenvalue weighted by Gasteiger charge is -2.01. The van der Waals surface area contributed by atoms with Crippen LogP contribution in [0, 0.1) is 6.92 Å². The highest BCUT2D eigenvalue weighted by atomic mass is 32.2. The Balaban J connectivity index is 2.46. The first-order chi connectivity index (χ1) is 8.04. The largest absolute Gasteiger partial charge is 0.477 e. The fraction of sp³-hybridized carbons (Fsp3) is 0.455. The zero-order valence-electron chi connectivity index (χ0n) is 9.69. The lowest BCUT2D eigenvalue weighted by atomic mass is 10.3. The number of hydrogen-bond acceptors (Lipinski definition) is 5. The molecule has 0 spiro atoms. The minimum atomic E-state index is -0.903. The fourth-order valence-corrected chi connectivity index (χ4v) is 3.06. The summed E-state index contributed by atoms with van der Waals surface area (Å²) >= 11 is 2.70. The maximum absolute atomic E-state index is 11.1. The zero-order valence-corrected chi connectivity index (χ0v) is 11.3. The normalized spacial score (nSPS) is 10.2. The molecule has 0 aliphatic rings. The molecule has 0 aromatic carbocycles. The van der Waals surface area contributed by atoms with Crippen molar-refractivity contribution in [2.24, 2.45) is 0 Å². The summed E-state index contributed by atoms with van der Waals surface area (Å²) in [6.45, 7) is 4.04. The second-order valence-electron chi connectivity index (χ2n) is 3.30. The summed E-state index contributed by atoms with van der Waals surface area (Å²) in [6.07, 6.45) is 0. The van der Waals surface area contributed by atoms with Gasteiger partial charge in [-0.2, -0.15) is 0 Å². The summed E-state index contributed by atoms with van der Waals surface area (Å²) in [7, 11) is 0. The van der Waals surface area contributed by atoms with E-state index in [1.807, 2.05) is 6.92 Å². The standard InChI is InChI=1S/C11H14O4S2/c1-3-15-10(12)6-16-5-8-4-9(11(13)14)17-7(8)2/h4H,3,5-6H2,1-2H3,(H,13,14). The Labute approximate surface area is 108 Å². The van der Waals surface area contributed by atoms with Gasteiger partial charge in [-0.15, -0.1) is 23.1 Å². The number of ether oxygens (including phenoxy) is 1. The summed E-state index contributed by atoms with van der Waals surface area (Å²) in [6, 6.07) is 1.67. The number of carboxylic acids is 1. The molecule has 0 radical (unpaired) electrons. The number of hydrogen-bond donors (Lipinski definition) is 1. The third kappa shape index (κ3) is 4.40. The van der Waals surface area contributed by atoms with Crippen molar-refractivity contribution in [1.82, 2.24) is 0 Å². The van der Waals surface area contributed by atoms with Crippen molar-refractivity contribution in [3.8, 4) is 0 Å². The van der Waals surface area contributed by atoms with Gasteiger partial charge in [-0.3, -0.25) is 4.79 Å². The molecule has 1 rings (SSSR count). The van der Waals surface area contributed by atoms with Gasteiger partial charge in [-0.25, -0.2) is 4.79 Å². The maximum Gasteiger partial charge on any atom is 0.345 e. The highest BCUT2D eigenvalue weighted by molar-refractivity contribution is 7.99. The van der Waals surface area contributed by atoms with Gasteiger partial charge in [-0.05, 0) is 25.5 Å². The molecule has 94 valence electrons. The lowest BCUT2D eigenvalue weighted by molar-refractivity contribution is -0.139. The molecule has 0 saturated heterocycles. The van der Waals surface area contributed by atoms with E-state index in [1.54, 1.807) is 13.0 Å². The van der Waals surface area contributed by atoms with E-state index in [9.17, 15) is 9.59 Å². The Hall–Kier alpha value is -1.01. The van der Waals surface area contributed by atoms with E-state index in [0.717, 1.165) is 10.4 Å². The van der Waals surface area contributed by atoms with Gasteiger partial charge in [0.15, 0.2) is 0 Å². The van der Waals surface area contributed by atoms with Gasteiger partial charge in [0.05, 0.1) is 12.4 Å². The summed E-state index contributed by atoms with van der Waals surface area (Å²) in [5, 5.41) is 8.84. The molecule has 17 heavy (non-hydrogen) atoms. The Morgan fingerprint density at radius 3 is 2.76 bits per heavy atom. The van der Waals surface area contributed by atoms with Crippen LogP contribution in [0.2, 0.25) is 0 Å². The van der Waals surface area contributed by atoms with E-state index in [2.05, 4.69) is 0 Å². The predicted molar refractivity (Wildman–Crippen MR) is 68.8 cm³/mol. The molecule has 0 bridgehead atoms. The van der Waals surface area contributed by atoms with Gasteiger partial charge in [0, 0.05) is 10.6 Å². The molecule has 1 heterocycles. The van der Waals surface area contributed by atoms with Gasteiger partial charge < -0.3 is 9.84 Å². The van der Waals surface area contributed by atoms with Crippen molar-refractivity contribution in [2.45, 2.75) is 19.6 Å². The highest BCUT2D eigenvalue weighted by Gasteiger charge is 2.11. The quantitative estimate of drug-likeness (QED) is 0.808. The number of aryl methyl sites for hydroxylation is 1. The first-order valence-electron chi connectivity index (χ1n) is 5.10. The Morgan fingerprint density at radius 2 is 2.24 bits per heavy atom. The van der Waals surface area contributed by atoms with Crippen molar-refractivity contribution < 1.29 is 19.4 Å². The van der Waals surface area contributed by atoms with E-state index < -0.39 is 5.97 Å². The van der Waals surface area contributed by atoms with Crippen molar-refractivity contribution in [3.05, 3.63) is 21.4 Å². The van der Waals surface area contributed by atoms with Crippen molar-refractivity contribution in [1.29, 1.82) is 0 Å². The molecular weight excluding hydrogens is 260 g/mol. The van der Waals surface area contributed by atoms with Gasteiger partial charge in [0.25, 0.3) is 0 Å². The monoisotopic (exact) mass is 274 g/mol. The highest BCUT2D eigenvalue weighted by Crippen LogP contribution is 2.25. The molecule has 0 aliphatic heterocycles. The minimum absolute atomic E-state index is 0.233. The molecule has 1 aromatic rings. The molecular formula is C11H14O4S2. The van der Waals surface area contributed by atoms with Crippen LogP contribution in [-0.2, 0) is 15.3 Å².